The number of hydrogen-bond donors (Lipinski definition) is 2. The first kappa shape index (κ1) is 14.3. The van der Waals surface area contributed by atoms with Crippen LogP contribution in [-0.2, 0) is 6.42 Å². The lowest BCUT2D eigenvalue weighted by molar-refractivity contribution is 0.0343. The molecule has 2 aromatic rings. The zero-order chi connectivity index (χ0) is 13.7. The van der Waals surface area contributed by atoms with Crippen molar-refractivity contribution in [3.63, 3.8) is 0 Å². The van der Waals surface area contributed by atoms with E-state index in [1.54, 1.807) is 0 Å². The minimum Gasteiger partial charge on any atom is -0.389 e. The monoisotopic (exact) mass is 320 g/mol. The molecule has 0 saturated heterocycles. The van der Waals surface area contributed by atoms with Gasteiger partial charge in [0.15, 0.2) is 0 Å². The van der Waals surface area contributed by atoms with E-state index < -0.39 is 12.2 Å². The third kappa shape index (κ3) is 3.90. The van der Waals surface area contributed by atoms with E-state index >= 15 is 0 Å². The highest BCUT2D eigenvalue weighted by Crippen LogP contribution is 2.19. The van der Waals surface area contributed by atoms with Crippen LogP contribution in [0.15, 0.2) is 54.6 Å². The van der Waals surface area contributed by atoms with Crippen molar-refractivity contribution in [2.24, 2.45) is 0 Å². The van der Waals surface area contributed by atoms with E-state index in [9.17, 15) is 10.2 Å². The Morgan fingerprint density at radius 2 is 1.42 bits per heavy atom. The summed E-state index contributed by atoms with van der Waals surface area (Å²) in [5.74, 6) is 0. The number of halogens is 1. The van der Waals surface area contributed by atoms with E-state index in [2.05, 4.69) is 28.1 Å². The Labute approximate surface area is 121 Å². The second kappa shape index (κ2) is 6.85. The van der Waals surface area contributed by atoms with Crippen LogP contribution in [0.3, 0.4) is 0 Å². The molecular formula is C16H17BrO2. The van der Waals surface area contributed by atoms with Crippen LogP contribution in [-0.4, -0.2) is 21.6 Å². The SMILES string of the molecule is OC(CBr)C(O)c1ccc(Cc2ccccc2)cc1. The molecule has 2 atom stereocenters. The molecule has 2 unspecified atom stereocenters. The van der Waals surface area contributed by atoms with Crippen LogP contribution in [0.4, 0.5) is 0 Å². The lowest BCUT2D eigenvalue weighted by atomic mass is 10.0. The van der Waals surface area contributed by atoms with Gasteiger partial charge in [-0.05, 0) is 23.1 Å². The number of benzene rings is 2. The van der Waals surface area contributed by atoms with Crippen molar-refractivity contribution in [3.05, 3.63) is 71.3 Å². The van der Waals surface area contributed by atoms with Crippen molar-refractivity contribution in [2.75, 3.05) is 5.33 Å². The van der Waals surface area contributed by atoms with E-state index in [0.29, 0.717) is 5.33 Å². The summed E-state index contributed by atoms with van der Waals surface area (Å²) in [6.07, 6.45) is -0.747. The molecule has 2 nitrogen and oxygen atoms in total. The summed E-state index contributed by atoms with van der Waals surface area (Å²) < 4.78 is 0. The minimum absolute atomic E-state index is 0.361. The van der Waals surface area contributed by atoms with Gasteiger partial charge in [0.05, 0.1) is 6.10 Å². The van der Waals surface area contributed by atoms with Gasteiger partial charge in [-0.25, -0.2) is 0 Å². The molecule has 100 valence electrons. The number of alkyl halides is 1. The first-order valence-corrected chi connectivity index (χ1v) is 7.37. The van der Waals surface area contributed by atoms with Gasteiger partial charge in [0, 0.05) is 5.33 Å². The summed E-state index contributed by atoms with van der Waals surface area (Å²) >= 11 is 3.16. The van der Waals surface area contributed by atoms with Gasteiger partial charge >= 0.3 is 0 Å². The molecule has 0 aliphatic rings. The van der Waals surface area contributed by atoms with Crippen LogP contribution in [0.1, 0.15) is 22.8 Å². The third-order valence-electron chi connectivity index (χ3n) is 3.09. The van der Waals surface area contributed by atoms with Gasteiger partial charge < -0.3 is 10.2 Å². The average molecular weight is 321 g/mol. The van der Waals surface area contributed by atoms with Crippen molar-refractivity contribution in [2.45, 2.75) is 18.6 Å². The van der Waals surface area contributed by atoms with Crippen LogP contribution in [0.2, 0.25) is 0 Å². The molecule has 19 heavy (non-hydrogen) atoms. The number of hydrogen-bond acceptors (Lipinski definition) is 2. The van der Waals surface area contributed by atoms with Gasteiger partial charge in [0.2, 0.25) is 0 Å². The molecule has 0 aliphatic heterocycles. The molecule has 2 rings (SSSR count). The quantitative estimate of drug-likeness (QED) is 0.831. The standard InChI is InChI=1S/C16H17BrO2/c17-11-15(18)16(19)14-8-6-13(7-9-14)10-12-4-2-1-3-5-12/h1-9,15-16,18-19H,10-11H2. The second-order valence-corrected chi connectivity index (χ2v) is 5.22. The molecule has 0 bridgehead atoms. The molecule has 3 heteroatoms. The fourth-order valence-corrected chi connectivity index (χ4v) is 2.32. The summed E-state index contributed by atoms with van der Waals surface area (Å²) in [4.78, 5) is 0. The maximum atomic E-state index is 9.89. The highest BCUT2D eigenvalue weighted by Gasteiger charge is 2.16. The van der Waals surface area contributed by atoms with E-state index in [1.807, 2.05) is 42.5 Å². The summed E-state index contributed by atoms with van der Waals surface area (Å²) in [5, 5.41) is 19.8. The Morgan fingerprint density at radius 1 is 0.842 bits per heavy atom. The Hall–Kier alpha value is -1.16. The Kier molecular flexibility index (Phi) is 5.14. The fraction of sp³-hybridized carbons (Fsp3) is 0.250. The van der Waals surface area contributed by atoms with Gasteiger partial charge in [-0.15, -0.1) is 0 Å². The minimum atomic E-state index is -0.842. The van der Waals surface area contributed by atoms with Gasteiger partial charge in [0.1, 0.15) is 6.10 Å². The normalized spacial score (nSPS) is 14.1. The molecule has 0 amide bonds. The molecule has 2 N–H and O–H groups in total. The number of rotatable bonds is 5. The van der Waals surface area contributed by atoms with E-state index in [-0.39, 0.29) is 0 Å². The summed E-state index contributed by atoms with van der Waals surface area (Å²) in [5.41, 5.74) is 3.19. The van der Waals surface area contributed by atoms with Crippen molar-refractivity contribution in [1.29, 1.82) is 0 Å². The van der Waals surface area contributed by atoms with Crippen molar-refractivity contribution in [3.8, 4) is 0 Å². The molecule has 0 fully saturated rings. The van der Waals surface area contributed by atoms with Crippen molar-refractivity contribution in [1.82, 2.24) is 0 Å². The smallest absolute Gasteiger partial charge is 0.106 e. The summed E-state index contributed by atoms with van der Waals surface area (Å²) in [6.45, 7) is 0. The van der Waals surface area contributed by atoms with Gasteiger partial charge in [0.25, 0.3) is 0 Å². The van der Waals surface area contributed by atoms with Crippen molar-refractivity contribution >= 4 is 15.9 Å². The maximum absolute atomic E-state index is 9.89. The second-order valence-electron chi connectivity index (χ2n) is 4.57. The summed E-state index contributed by atoms with van der Waals surface area (Å²) in [7, 11) is 0. The largest absolute Gasteiger partial charge is 0.389 e. The zero-order valence-corrected chi connectivity index (χ0v) is 12.1. The van der Waals surface area contributed by atoms with Crippen LogP contribution in [0.25, 0.3) is 0 Å². The zero-order valence-electron chi connectivity index (χ0n) is 10.5. The molecule has 0 radical (unpaired) electrons. The van der Waals surface area contributed by atoms with Crippen LogP contribution < -0.4 is 0 Å². The molecule has 0 aliphatic carbocycles. The maximum Gasteiger partial charge on any atom is 0.106 e. The molecule has 0 aromatic heterocycles. The predicted octanol–water partition coefficient (Wildman–Crippen LogP) is 3.07. The fourth-order valence-electron chi connectivity index (χ4n) is 1.97. The molecular weight excluding hydrogens is 304 g/mol. The van der Waals surface area contributed by atoms with Gasteiger partial charge in [-0.2, -0.15) is 0 Å². The molecule has 0 heterocycles. The number of aliphatic hydroxyl groups is 2. The highest BCUT2D eigenvalue weighted by atomic mass is 79.9. The van der Waals surface area contributed by atoms with Gasteiger partial charge in [-0.3, -0.25) is 0 Å². The Balaban J connectivity index is 2.06. The number of aliphatic hydroxyl groups excluding tert-OH is 2. The average Bonchev–Trinajstić information content (AvgIpc) is 2.47. The van der Waals surface area contributed by atoms with Crippen molar-refractivity contribution < 1.29 is 10.2 Å². The topological polar surface area (TPSA) is 40.5 Å². The lowest BCUT2D eigenvalue weighted by Gasteiger charge is -2.16. The molecule has 0 saturated carbocycles. The Bertz CT molecular complexity index is 496. The first-order valence-electron chi connectivity index (χ1n) is 6.25. The van der Waals surface area contributed by atoms with Crippen LogP contribution in [0.5, 0.6) is 0 Å². The van der Waals surface area contributed by atoms with E-state index in [0.717, 1.165) is 12.0 Å². The predicted molar refractivity (Wildman–Crippen MR) is 80.5 cm³/mol. The van der Waals surface area contributed by atoms with Gasteiger partial charge in [-0.1, -0.05) is 70.5 Å². The van der Waals surface area contributed by atoms with E-state index in [4.69, 9.17) is 0 Å². The molecule has 2 aromatic carbocycles. The highest BCUT2D eigenvalue weighted by molar-refractivity contribution is 9.09. The van der Waals surface area contributed by atoms with E-state index in [1.165, 1.54) is 11.1 Å². The Morgan fingerprint density at radius 3 is 2.00 bits per heavy atom. The van der Waals surface area contributed by atoms with Crippen LogP contribution >= 0.6 is 15.9 Å². The molecule has 0 spiro atoms. The lowest BCUT2D eigenvalue weighted by Crippen LogP contribution is -2.19. The van der Waals surface area contributed by atoms with Crippen LogP contribution in [0, 0.1) is 0 Å². The summed E-state index contributed by atoms with van der Waals surface area (Å²) in [6, 6.07) is 18.0. The first-order chi connectivity index (χ1) is 9.20. The third-order valence-corrected chi connectivity index (χ3v) is 3.76.